The molecule has 0 atom stereocenters. The van der Waals surface area contributed by atoms with Crippen LogP contribution in [-0.2, 0) is 20.1 Å². The Bertz CT molecular complexity index is 497. The zero-order chi connectivity index (χ0) is 13.0. The van der Waals surface area contributed by atoms with Gasteiger partial charge in [0.05, 0.1) is 11.9 Å². The van der Waals surface area contributed by atoms with E-state index >= 15 is 0 Å². The van der Waals surface area contributed by atoms with Gasteiger partial charge in [0.1, 0.15) is 0 Å². The summed E-state index contributed by atoms with van der Waals surface area (Å²) in [5.74, 6) is 0. The fourth-order valence-corrected chi connectivity index (χ4v) is 1.97. The van der Waals surface area contributed by atoms with Gasteiger partial charge in [-0.1, -0.05) is 6.92 Å². The number of hydrogen-bond acceptors (Lipinski definition) is 3. The molecule has 1 N–H and O–H groups in total. The van der Waals surface area contributed by atoms with Gasteiger partial charge >= 0.3 is 0 Å². The van der Waals surface area contributed by atoms with E-state index in [1.165, 1.54) is 5.56 Å². The van der Waals surface area contributed by atoms with Crippen molar-refractivity contribution in [3.63, 3.8) is 0 Å². The molecule has 0 aliphatic heterocycles. The molecule has 0 saturated heterocycles. The Morgan fingerprint density at radius 1 is 1.28 bits per heavy atom. The van der Waals surface area contributed by atoms with Crippen molar-refractivity contribution in [3.8, 4) is 11.3 Å². The summed E-state index contributed by atoms with van der Waals surface area (Å²) in [7, 11) is 1.96. The van der Waals surface area contributed by atoms with Crippen molar-refractivity contribution < 1.29 is 0 Å². The highest BCUT2D eigenvalue weighted by atomic mass is 15.3. The van der Waals surface area contributed by atoms with Gasteiger partial charge in [0.15, 0.2) is 0 Å². The van der Waals surface area contributed by atoms with Crippen LogP contribution in [0, 0.1) is 0 Å². The third kappa shape index (κ3) is 2.79. The van der Waals surface area contributed by atoms with Gasteiger partial charge in [-0.15, -0.1) is 0 Å². The van der Waals surface area contributed by atoms with E-state index in [4.69, 9.17) is 0 Å². The normalized spacial score (nSPS) is 11.1. The third-order valence-electron chi connectivity index (χ3n) is 2.88. The SMILES string of the molecule is CCCNCc1cn(C)nc1-c1cnn(CC)c1. The van der Waals surface area contributed by atoms with E-state index in [0.29, 0.717) is 0 Å². The molecule has 0 aromatic carbocycles. The van der Waals surface area contributed by atoms with Crippen LogP contribution in [-0.4, -0.2) is 26.1 Å². The summed E-state index contributed by atoms with van der Waals surface area (Å²) >= 11 is 0. The first-order chi connectivity index (χ1) is 8.74. The van der Waals surface area contributed by atoms with Crippen LogP contribution in [0.25, 0.3) is 11.3 Å². The van der Waals surface area contributed by atoms with E-state index in [0.717, 1.165) is 37.3 Å². The Labute approximate surface area is 108 Å². The molecule has 0 unspecified atom stereocenters. The van der Waals surface area contributed by atoms with Crippen molar-refractivity contribution in [2.75, 3.05) is 6.54 Å². The van der Waals surface area contributed by atoms with E-state index in [-0.39, 0.29) is 0 Å². The minimum absolute atomic E-state index is 0.855. The van der Waals surface area contributed by atoms with Gasteiger partial charge in [0.25, 0.3) is 0 Å². The van der Waals surface area contributed by atoms with Crippen LogP contribution in [0.2, 0.25) is 0 Å². The number of hydrogen-bond donors (Lipinski definition) is 1. The smallest absolute Gasteiger partial charge is 0.0999 e. The van der Waals surface area contributed by atoms with Crippen molar-refractivity contribution >= 4 is 0 Å². The molecule has 5 heteroatoms. The summed E-state index contributed by atoms with van der Waals surface area (Å²) < 4.78 is 3.79. The Balaban J connectivity index is 2.20. The lowest BCUT2D eigenvalue weighted by Gasteiger charge is -2.02. The van der Waals surface area contributed by atoms with Crippen LogP contribution in [0.15, 0.2) is 18.6 Å². The van der Waals surface area contributed by atoms with Crippen molar-refractivity contribution in [2.45, 2.75) is 33.4 Å². The second-order valence-electron chi connectivity index (χ2n) is 4.44. The predicted molar refractivity (Wildman–Crippen MR) is 72.1 cm³/mol. The number of aromatic nitrogens is 4. The van der Waals surface area contributed by atoms with Gasteiger partial charge in [0, 0.05) is 43.7 Å². The van der Waals surface area contributed by atoms with Crippen LogP contribution in [0.3, 0.4) is 0 Å². The summed E-state index contributed by atoms with van der Waals surface area (Å²) in [6.45, 7) is 7.02. The van der Waals surface area contributed by atoms with Gasteiger partial charge in [-0.3, -0.25) is 9.36 Å². The Morgan fingerprint density at radius 3 is 2.78 bits per heavy atom. The van der Waals surface area contributed by atoms with Crippen LogP contribution in [0.1, 0.15) is 25.8 Å². The van der Waals surface area contributed by atoms with Crippen LogP contribution >= 0.6 is 0 Å². The molecule has 0 aliphatic rings. The lowest BCUT2D eigenvalue weighted by atomic mass is 10.1. The lowest BCUT2D eigenvalue weighted by Crippen LogP contribution is -2.13. The lowest BCUT2D eigenvalue weighted by molar-refractivity contribution is 0.660. The molecule has 0 radical (unpaired) electrons. The fraction of sp³-hybridized carbons (Fsp3) is 0.538. The molecule has 0 spiro atoms. The summed E-state index contributed by atoms with van der Waals surface area (Å²) in [6.07, 6.45) is 7.14. The standard InChI is InChI=1S/C13H21N5/c1-4-6-14-7-11-9-17(3)16-13(11)12-8-15-18(5-2)10-12/h8-10,14H,4-7H2,1-3H3. The van der Waals surface area contributed by atoms with Crippen molar-refractivity contribution in [3.05, 3.63) is 24.2 Å². The van der Waals surface area contributed by atoms with Crippen molar-refractivity contribution in [1.82, 2.24) is 24.9 Å². The van der Waals surface area contributed by atoms with Crippen molar-refractivity contribution in [1.29, 1.82) is 0 Å². The summed E-state index contributed by atoms with van der Waals surface area (Å²) in [5.41, 5.74) is 3.34. The average Bonchev–Trinajstić information content (AvgIpc) is 2.96. The van der Waals surface area contributed by atoms with E-state index in [2.05, 4.69) is 35.6 Å². The molecule has 0 fully saturated rings. The highest BCUT2D eigenvalue weighted by Crippen LogP contribution is 2.21. The van der Waals surface area contributed by atoms with E-state index < -0.39 is 0 Å². The van der Waals surface area contributed by atoms with Crippen LogP contribution < -0.4 is 5.32 Å². The first kappa shape index (κ1) is 12.8. The van der Waals surface area contributed by atoms with Gasteiger partial charge in [-0.25, -0.2) is 0 Å². The summed E-state index contributed by atoms with van der Waals surface area (Å²) in [4.78, 5) is 0. The molecule has 2 aromatic rings. The molecule has 98 valence electrons. The molecular formula is C13H21N5. The molecule has 2 rings (SSSR count). The minimum Gasteiger partial charge on any atom is -0.313 e. The van der Waals surface area contributed by atoms with E-state index in [1.54, 1.807) is 0 Å². The fourth-order valence-electron chi connectivity index (χ4n) is 1.97. The first-order valence-electron chi connectivity index (χ1n) is 6.50. The maximum atomic E-state index is 4.53. The molecule has 18 heavy (non-hydrogen) atoms. The Hall–Kier alpha value is -1.62. The quantitative estimate of drug-likeness (QED) is 0.792. The van der Waals surface area contributed by atoms with Crippen molar-refractivity contribution in [2.24, 2.45) is 7.05 Å². The number of nitrogens with zero attached hydrogens (tertiary/aromatic N) is 4. The molecular weight excluding hydrogens is 226 g/mol. The highest BCUT2D eigenvalue weighted by molar-refractivity contribution is 5.60. The second kappa shape index (κ2) is 5.82. The summed E-state index contributed by atoms with van der Waals surface area (Å²) in [5, 5.41) is 12.3. The molecule has 5 nitrogen and oxygen atoms in total. The molecule has 2 aromatic heterocycles. The molecule has 2 heterocycles. The molecule has 0 amide bonds. The monoisotopic (exact) mass is 247 g/mol. The Morgan fingerprint density at radius 2 is 2.11 bits per heavy atom. The van der Waals surface area contributed by atoms with Crippen LogP contribution in [0.5, 0.6) is 0 Å². The number of aryl methyl sites for hydroxylation is 2. The average molecular weight is 247 g/mol. The van der Waals surface area contributed by atoms with Gasteiger partial charge in [-0.2, -0.15) is 10.2 Å². The molecule has 0 bridgehead atoms. The zero-order valence-corrected chi connectivity index (χ0v) is 11.3. The van der Waals surface area contributed by atoms with E-state index in [9.17, 15) is 0 Å². The van der Waals surface area contributed by atoms with E-state index in [1.807, 2.05) is 28.8 Å². The maximum Gasteiger partial charge on any atom is 0.0999 e. The van der Waals surface area contributed by atoms with Gasteiger partial charge in [0.2, 0.25) is 0 Å². The second-order valence-corrected chi connectivity index (χ2v) is 4.44. The topological polar surface area (TPSA) is 47.7 Å². The maximum absolute atomic E-state index is 4.53. The third-order valence-corrected chi connectivity index (χ3v) is 2.88. The zero-order valence-electron chi connectivity index (χ0n) is 11.3. The predicted octanol–water partition coefficient (Wildman–Crippen LogP) is 1.80. The summed E-state index contributed by atoms with van der Waals surface area (Å²) in [6, 6.07) is 0. The highest BCUT2D eigenvalue weighted by Gasteiger charge is 2.11. The number of nitrogens with one attached hydrogen (secondary N) is 1. The molecule has 0 aliphatic carbocycles. The van der Waals surface area contributed by atoms with Gasteiger partial charge < -0.3 is 5.32 Å². The largest absolute Gasteiger partial charge is 0.313 e. The van der Waals surface area contributed by atoms with Crippen LogP contribution in [0.4, 0.5) is 0 Å². The minimum atomic E-state index is 0.855. The number of rotatable bonds is 6. The molecule has 0 saturated carbocycles. The Kier molecular flexibility index (Phi) is 4.15. The van der Waals surface area contributed by atoms with Gasteiger partial charge in [-0.05, 0) is 19.9 Å². The first-order valence-corrected chi connectivity index (χ1v) is 6.50.